The lowest BCUT2D eigenvalue weighted by molar-refractivity contribution is 0.522. The Morgan fingerprint density at radius 3 is 3.05 bits per heavy atom. The lowest BCUT2D eigenvalue weighted by Crippen LogP contribution is -2.34. The predicted octanol–water partition coefficient (Wildman–Crippen LogP) is 2.39. The highest BCUT2D eigenvalue weighted by molar-refractivity contribution is 5.41. The minimum absolute atomic E-state index is 0.335. The molecule has 1 unspecified atom stereocenters. The van der Waals surface area contributed by atoms with Crippen molar-refractivity contribution in [2.75, 3.05) is 18.4 Å². The van der Waals surface area contributed by atoms with Crippen LogP contribution in [0.1, 0.15) is 28.6 Å². The molecule has 1 aliphatic rings. The quantitative estimate of drug-likeness (QED) is 0.897. The molecule has 0 bridgehead atoms. The zero-order valence-electron chi connectivity index (χ0n) is 12.0. The van der Waals surface area contributed by atoms with Gasteiger partial charge in [-0.05, 0) is 37.9 Å². The highest BCUT2D eigenvalue weighted by Crippen LogP contribution is 2.23. The van der Waals surface area contributed by atoms with Crippen LogP contribution in [-0.4, -0.2) is 23.1 Å². The third-order valence-corrected chi connectivity index (χ3v) is 3.77. The van der Waals surface area contributed by atoms with Crippen molar-refractivity contribution < 1.29 is 0 Å². The van der Waals surface area contributed by atoms with E-state index in [0.717, 1.165) is 36.7 Å². The van der Waals surface area contributed by atoms with Gasteiger partial charge in [-0.15, -0.1) is 0 Å². The molecule has 2 aromatic rings. The Labute approximate surface area is 119 Å². The highest BCUT2D eigenvalue weighted by Gasteiger charge is 2.19. The predicted molar refractivity (Wildman–Crippen MR) is 80.9 cm³/mol. The van der Waals surface area contributed by atoms with E-state index >= 15 is 0 Å². The minimum atomic E-state index is 0.335. The molecule has 20 heavy (non-hydrogen) atoms. The molecule has 1 atom stereocenters. The van der Waals surface area contributed by atoms with Crippen molar-refractivity contribution in [1.29, 1.82) is 0 Å². The molecule has 4 nitrogen and oxygen atoms in total. The van der Waals surface area contributed by atoms with Crippen LogP contribution < -0.4 is 10.6 Å². The van der Waals surface area contributed by atoms with Gasteiger partial charge in [0.25, 0.3) is 0 Å². The Balaban J connectivity index is 1.75. The van der Waals surface area contributed by atoms with Crippen molar-refractivity contribution in [3.8, 4) is 0 Å². The lowest BCUT2D eigenvalue weighted by atomic mass is 9.94. The van der Waals surface area contributed by atoms with Gasteiger partial charge < -0.3 is 10.6 Å². The highest BCUT2D eigenvalue weighted by atomic mass is 15.1. The Morgan fingerprint density at radius 1 is 1.30 bits per heavy atom. The maximum Gasteiger partial charge on any atom is 0.147 e. The molecule has 0 amide bonds. The minimum Gasteiger partial charge on any atom is -0.367 e. The number of benzene rings is 1. The number of hydrogen-bond donors (Lipinski definition) is 2. The summed E-state index contributed by atoms with van der Waals surface area (Å²) < 4.78 is 0. The van der Waals surface area contributed by atoms with E-state index < -0.39 is 0 Å². The number of nitrogens with one attached hydrogen (secondary N) is 2. The summed E-state index contributed by atoms with van der Waals surface area (Å²) in [7, 11) is 0. The number of anilines is 1. The van der Waals surface area contributed by atoms with Crippen LogP contribution in [0.3, 0.4) is 0 Å². The normalized spacial score (nSPS) is 17.6. The molecule has 104 valence electrons. The molecule has 2 N–H and O–H groups in total. The molecule has 2 heterocycles. The summed E-state index contributed by atoms with van der Waals surface area (Å²) in [5, 5.41) is 7.00. The van der Waals surface area contributed by atoms with E-state index in [1.54, 1.807) is 6.20 Å². The van der Waals surface area contributed by atoms with Gasteiger partial charge in [-0.25, -0.2) is 4.98 Å². The summed E-state index contributed by atoms with van der Waals surface area (Å²) in [5.41, 5.74) is 4.73. The van der Waals surface area contributed by atoms with Gasteiger partial charge in [0.05, 0.1) is 11.4 Å². The van der Waals surface area contributed by atoms with Crippen molar-refractivity contribution in [3.63, 3.8) is 0 Å². The Hall–Kier alpha value is -1.94. The van der Waals surface area contributed by atoms with Crippen LogP contribution in [0.4, 0.5) is 5.82 Å². The van der Waals surface area contributed by atoms with Crippen molar-refractivity contribution in [3.05, 3.63) is 53.0 Å². The summed E-state index contributed by atoms with van der Waals surface area (Å²) >= 11 is 0. The van der Waals surface area contributed by atoms with E-state index in [9.17, 15) is 0 Å². The molecular formula is C16H20N4. The lowest BCUT2D eigenvalue weighted by Gasteiger charge is -2.27. The van der Waals surface area contributed by atoms with E-state index in [0.29, 0.717) is 6.04 Å². The average molecular weight is 268 g/mol. The molecule has 1 aromatic carbocycles. The van der Waals surface area contributed by atoms with Crippen molar-refractivity contribution in [2.45, 2.75) is 26.3 Å². The topological polar surface area (TPSA) is 49.8 Å². The summed E-state index contributed by atoms with van der Waals surface area (Å²) in [5.74, 6) is 0.884. The standard InChI is InChI=1S/C16H20N4/c1-11-9-18-12(2)16(20-11)19-10-15-14-6-4-3-5-13(14)7-8-17-15/h3-6,9,15,17H,7-8,10H2,1-2H3,(H,19,20). The van der Waals surface area contributed by atoms with Crippen LogP contribution in [0.5, 0.6) is 0 Å². The largest absolute Gasteiger partial charge is 0.367 e. The molecule has 0 spiro atoms. The zero-order chi connectivity index (χ0) is 13.9. The van der Waals surface area contributed by atoms with Gasteiger partial charge >= 0.3 is 0 Å². The fraction of sp³-hybridized carbons (Fsp3) is 0.375. The average Bonchev–Trinajstić information content (AvgIpc) is 2.48. The first kappa shape index (κ1) is 13.1. The first-order valence-electron chi connectivity index (χ1n) is 7.09. The second-order valence-corrected chi connectivity index (χ2v) is 5.28. The van der Waals surface area contributed by atoms with Gasteiger partial charge in [0.1, 0.15) is 5.82 Å². The van der Waals surface area contributed by atoms with Gasteiger partial charge in [-0.2, -0.15) is 0 Å². The number of aryl methyl sites for hydroxylation is 2. The maximum atomic E-state index is 4.51. The van der Waals surface area contributed by atoms with Crippen molar-refractivity contribution >= 4 is 5.82 Å². The third kappa shape index (κ3) is 2.65. The third-order valence-electron chi connectivity index (χ3n) is 3.77. The summed E-state index contributed by atoms with van der Waals surface area (Å²) in [6.45, 7) is 5.81. The van der Waals surface area contributed by atoms with Crippen LogP contribution >= 0.6 is 0 Å². The number of nitrogens with zero attached hydrogens (tertiary/aromatic N) is 2. The monoisotopic (exact) mass is 268 g/mol. The van der Waals surface area contributed by atoms with Crippen molar-refractivity contribution in [2.24, 2.45) is 0 Å². The van der Waals surface area contributed by atoms with Gasteiger partial charge in [-0.1, -0.05) is 24.3 Å². The number of rotatable bonds is 3. The van der Waals surface area contributed by atoms with Gasteiger partial charge in [0.2, 0.25) is 0 Å². The molecule has 0 saturated carbocycles. The summed E-state index contributed by atoms with van der Waals surface area (Å²) in [6.07, 6.45) is 2.91. The molecule has 0 saturated heterocycles. The number of aromatic nitrogens is 2. The zero-order valence-corrected chi connectivity index (χ0v) is 12.0. The Kier molecular flexibility index (Phi) is 3.65. The Bertz CT molecular complexity index is 609. The van der Waals surface area contributed by atoms with Crippen LogP contribution in [0.2, 0.25) is 0 Å². The van der Waals surface area contributed by atoms with Gasteiger partial charge in [0, 0.05) is 18.8 Å². The van der Waals surface area contributed by atoms with E-state index in [4.69, 9.17) is 0 Å². The van der Waals surface area contributed by atoms with Crippen LogP contribution in [0.15, 0.2) is 30.5 Å². The molecule has 3 rings (SSSR count). The molecule has 1 aliphatic heterocycles. The van der Waals surface area contributed by atoms with Gasteiger partial charge in [-0.3, -0.25) is 4.98 Å². The van der Waals surface area contributed by atoms with Crippen LogP contribution in [0.25, 0.3) is 0 Å². The summed E-state index contributed by atoms with van der Waals surface area (Å²) in [4.78, 5) is 8.85. The van der Waals surface area contributed by atoms with E-state index in [-0.39, 0.29) is 0 Å². The fourth-order valence-electron chi connectivity index (χ4n) is 2.68. The van der Waals surface area contributed by atoms with Crippen molar-refractivity contribution in [1.82, 2.24) is 15.3 Å². The number of fused-ring (bicyclic) bond motifs is 1. The van der Waals surface area contributed by atoms with Gasteiger partial charge in [0.15, 0.2) is 0 Å². The first-order valence-corrected chi connectivity index (χ1v) is 7.09. The second kappa shape index (κ2) is 5.59. The fourth-order valence-corrected chi connectivity index (χ4v) is 2.68. The van der Waals surface area contributed by atoms with E-state index in [1.807, 2.05) is 13.8 Å². The maximum absolute atomic E-state index is 4.51. The first-order chi connectivity index (χ1) is 9.74. The molecule has 0 aliphatic carbocycles. The molecule has 1 aromatic heterocycles. The van der Waals surface area contributed by atoms with Crippen LogP contribution in [-0.2, 0) is 6.42 Å². The number of hydrogen-bond acceptors (Lipinski definition) is 4. The van der Waals surface area contributed by atoms with E-state index in [2.05, 4.69) is 44.9 Å². The molecule has 0 fully saturated rings. The molecule has 0 radical (unpaired) electrons. The SMILES string of the molecule is Cc1cnc(C)c(NCC2NCCc3ccccc32)n1. The molecular weight excluding hydrogens is 248 g/mol. The summed E-state index contributed by atoms with van der Waals surface area (Å²) in [6, 6.07) is 8.99. The second-order valence-electron chi connectivity index (χ2n) is 5.28. The van der Waals surface area contributed by atoms with E-state index in [1.165, 1.54) is 11.1 Å². The molecule has 4 heteroatoms. The Morgan fingerprint density at radius 2 is 2.15 bits per heavy atom. The van der Waals surface area contributed by atoms with Crippen LogP contribution in [0, 0.1) is 13.8 Å². The smallest absolute Gasteiger partial charge is 0.147 e.